The van der Waals surface area contributed by atoms with E-state index in [0.717, 1.165) is 32.4 Å². The van der Waals surface area contributed by atoms with Crippen LogP contribution >= 0.6 is 23.2 Å². The lowest BCUT2D eigenvalue weighted by Gasteiger charge is -2.35. The lowest BCUT2D eigenvalue weighted by Crippen LogP contribution is -2.35. The molecule has 2 aromatic carbocycles. The molecule has 7 heteroatoms. The SMILES string of the molecule is O=S(=O)(NCCCCN1CCc2cccc3c2C1CC3)c1cc(Cl)ccc1Cl. The van der Waals surface area contributed by atoms with Gasteiger partial charge in [-0.25, -0.2) is 13.1 Å². The number of halogens is 2. The number of nitrogens with zero attached hydrogens (tertiary/aromatic N) is 1. The van der Waals surface area contributed by atoms with E-state index in [0.29, 0.717) is 17.6 Å². The second kappa shape index (κ2) is 8.33. The van der Waals surface area contributed by atoms with Crippen LogP contribution in [0.25, 0.3) is 0 Å². The minimum Gasteiger partial charge on any atom is -0.296 e. The molecule has 0 fully saturated rings. The Kier molecular flexibility index (Phi) is 6.00. The molecular weight excluding hydrogens is 415 g/mol. The average molecular weight is 439 g/mol. The lowest BCUT2D eigenvalue weighted by atomic mass is 9.93. The summed E-state index contributed by atoms with van der Waals surface area (Å²) in [5.74, 6) is 0. The molecule has 1 N–H and O–H groups in total. The summed E-state index contributed by atoms with van der Waals surface area (Å²) in [6, 6.07) is 11.7. The van der Waals surface area contributed by atoms with Crippen molar-refractivity contribution in [1.82, 2.24) is 9.62 Å². The molecule has 2 aliphatic rings. The maximum absolute atomic E-state index is 12.4. The van der Waals surface area contributed by atoms with Crippen molar-refractivity contribution in [2.75, 3.05) is 19.6 Å². The predicted octanol–water partition coefficient (Wildman–Crippen LogP) is 4.60. The molecule has 28 heavy (non-hydrogen) atoms. The van der Waals surface area contributed by atoms with Gasteiger partial charge in [-0.1, -0.05) is 41.4 Å². The molecule has 0 amide bonds. The Morgan fingerprint density at radius 2 is 1.86 bits per heavy atom. The summed E-state index contributed by atoms with van der Waals surface area (Å²) >= 11 is 11.9. The highest BCUT2D eigenvalue weighted by atomic mass is 35.5. The van der Waals surface area contributed by atoms with Gasteiger partial charge in [0.15, 0.2) is 0 Å². The van der Waals surface area contributed by atoms with E-state index in [1.807, 2.05) is 0 Å². The zero-order valence-corrected chi connectivity index (χ0v) is 18.0. The molecule has 1 aliphatic carbocycles. The quantitative estimate of drug-likeness (QED) is 0.642. The van der Waals surface area contributed by atoms with Crippen LogP contribution in [0.1, 0.15) is 42.0 Å². The molecule has 0 saturated heterocycles. The van der Waals surface area contributed by atoms with Crippen LogP contribution < -0.4 is 4.72 Å². The first-order valence-electron chi connectivity index (χ1n) is 9.75. The fourth-order valence-corrected chi connectivity index (χ4v) is 6.26. The molecule has 1 aliphatic heterocycles. The Labute approximate surface area is 176 Å². The maximum atomic E-state index is 12.4. The van der Waals surface area contributed by atoms with Crippen LogP contribution in [0, 0.1) is 0 Å². The third-order valence-electron chi connectivity index (χ3n) is 5.76. The van der Waals surface area contributed by atoms with Gasteiger partial charge >= 0.3 is 0 Å². The first-order chi connectivity index (χ1) is 13.5. The summed E-state index contributed by atoms with van der Waals surface area (Å²) in [5, 5.41) is 0.534. The van der Waals surface area contributed by atoms with Crippen molar-refractivity contribution < 1.29 is 8.42 Å². The average Bonchev–Trinajstić information content (AvgIpc) is 3.11. The van der Waals surface area contributed by atoms with Crippen LogP contribution in [0.2, 0.25) is 10.0 Å². The molecule has 1 unspecified atom stereocenters. The number of sulfonamides is 1. The second-order valence-electron chi connectivity index (χ2n) is 7.51. The van der Waals surface area contributed by atoms with Gasteiger partial charge < -0.3 is 0 Å². The Balaban J connectivity index is 1.28. The molecular formula is C21H24Cl2N2O2S. The third kappa shape index (κ3) is 4.10. The first kappa shape index (κ1) is 20.2. The zero-order chi connectivity index (χ0) is 19.7. The zero-order valence-electron chi connectivity index (χ0n) is 15.6. The van der Waals surface area contributed by atoms with Gasteiger partial charge in [-0.05, 0) is 73.5 Å². The molecule has 1 heterocycles. The molecule has 0 spiro atoms. The minimum atomic E-state index is -3.65. The van der Waals surface area contributed by atoms with E-state index in [4.69, 9.17) is 23.2 Å². The van der Waals surface area contributed by atoms with E-state index < -0.39 is 10.0 Å². The van der Waals surface area contributed by atoms with Gasteiger partial charge in [-0.15, -0.1) is 0 Å². The fourth-order valence-electron chi connectivity index (χ4n) is 4.43. The number of unbranched alkanes of at least 4 members (excludes halogenated alkanes) is 1. The highest BCUT2D eigenvalue weighted by Crippen LogP contribution is 2.41. The standard InChI is InChI=1S/C21H24Cl2N2O2S/c22-17-7-8-18(23)20(14-17)28(26,27)24-11-1-2-12-25-13-10-16-5-3-4-15-6-9-19(25)21(15)16/h3-5,7-8,14,19,24H,1-2,6,9-13H2. The van der Waals surface area contributed by atoms with Crippen molar-refractivity contribution in [2.45, 2.75) is 43.0 Å². The summed E-state index contributed by atoms with van der Waals surface area (Å²) in [4.78, 5) is 2.61. The number of nitrogens with one attached hydrogen (secondary N) is 1. The number of rotatable bonds is 7. The molecule has 4 rings (SSSR count). The van der Waals surface area contributed by atoms with Crippen molar-refractivity contribution >= 4 is 33.2 Å². The van der Waals surface area contributed by atoms with Gasteiger partial charge in [0, 0.05) is 24.2 Å². The Morgan fingerprint density at radius 1 is 1.07 bits per heavy atom. The van der Waals surface area contributed by atoms with Gasteiger partial charge in [-0.3, -0.25) is 4.90 Å². The Hall–Kier alpha value is -1.11. The molecule has 0 aromatic heterocycles. The molecule has 0 bridgehead atoms. The van der Waals surface area contributed by atoms with Crippen LogP contribution in [0.4, 0.5) is 0 Å². The van der Waals surface area contributed by atoms with E-state index in [1.54, 1.807) is 11.6 Å². The highest BCUT2D eigenvalue weighted by Gasteiger charge is 2.32. The Bertz CT molecular complexity index is 978. The monoisotopic (exact) mass is 438 g/mol. The van der Waals surface area contributed by atoms with Gasteiger partial charge in [0.2, 0.25) is 10.0 Å². The second-order valence-corrected chi connectivity index (χ2v) is 10.1. The van der Waals surface area contributed by atoms with Crippen molar-refractivity contribution in [2.24, 2.45) is 0 Å². The summed E-state index contributed by atoms with van der Waals surface area (Å²) in [7, 11) is -3.65. The predicted molar refractivity (Wildman–Crippen MR) is 114 cm³/mol. The van der Waals surface area contributed by atoms with Crippen molar-refractivity contribution in [3.05, 3.63) is 63.1 Å². The van der Waals surface area contributed by atoms with E-state index in [-0.39, 0.29) is 9.92 Å². The Morgan fingerprint density at radius 3 is 2.68 bits per heavy atom. The summed E-state index contributed by atoms with van der Waals surface area (Å²) in [5.41, 5.74) is 4.59. The van der Waals surface area contributed by atoms with Crippen LogP contribution in [0.5, 0.6) is 0 Å². The highest BCUT2D eigenvalue weighted by molar-refractivity contribution is 7.89. The number of aryl methyl sites for hydroxylation is 1. The van der Waals surface area contributed by atoms with Crippen LogP contribution in [-0.4, -0.2) is 33.0 Å². The molecule has 2 aromatic rings. The fraction of sp³-hybridized carbons (Fsp3) is 0.429. The van der Waals surface area contributed by atoms with Gasteiger partial charge in [0.05, 0.1) is 5.02 Å². The topological polar surface area (TPSA) is 49.4 Å². The molecule has 4 nitrogen and oxygen atoms in total. The summed E-state index contributed by atoms with van der Waals surface area (Å²) in [6.45, 7) is 2.48. The molecule has 0 radical (unpaired) electrons. The van der Waals surface area contributed by atoms with Crippen molar-refractivity contribution in [1.29, 1.82) is 0 Å². The van der Waals surface area contributed by atoms with E-state index in [9.17, 15) is 8.42 Å². The molecule has 150 valence electrons. The maximum Gasteiger partial charge on any atom is 0.242 e. The van der Waals surface area contributed by atoms with Crippen molar-refractivity contribution in [3.8, 4) is 0 Å². The molecule has 1 atom stereocenters. The lowest BCUT2D eigenvalue weighted by molar-refractivity contribution is 0.182. The molecule has 0 saturated carbocycles. The number of hydrogen-bond acceptors (Lipinski definition) is 3. The minimum absolute atomic E-state index is 0.0350. The first-order valence-corrected chi connectivity index (χ1v) is 12.0. The van der Waals surface area contributed by atoms with Crippen LogP contribution in [0.3, 0.4) is 0 Å². The summed E-state index contributed by atoms with van der Waals surface area (Å²) < 4.78 is 27.5. The normalized spacial score (nSPS) is 19.0. The smallest absolute Gasteiger partial charge is 0.242 e. The van der Waals surface area contributed by atoms with Gasteiger partial charge in [-0.2, -0.15) is 0 Å². The van der Waals surface area contributed by atoms with Gasteiger partial charge in [0.1, 0.15) is 4.90 Å². The van der Waals surface area contributed by atoms with Crippen molar-refractivity contribution in [3.63, 3.8) is 0 Å². The number of benzene rings is 2. The van der Waals surface area contributed by atoms with Crippen LogP contribution in [-0.2, 0) is 22.9 Å². The van der Waals surface area contributed by atoms with E-state index in [2.05, 4.69) is 27.8 Å². The summed E-state index contributed by atoms with van der Waals surface area (Å²) in [6.07, 6.45) is 5.23. The van der Waals surface area contributed by atoms with Crippen LogP contribution in [0.15, 0.2) is 41.3 Å². The number of hydrogen-bond donors (Lipinski definition) is 1. The largest absolute Gasteiger partial charge is 0.296 e. The third-order valence-corrected chi connectivity index (χ3v) is 7.94. The van der Waals surface area contributed by atoms with E-state index in [1.165, 1.54) is 36.1 Å². The van der Waals surface area contributed by atoms with Gasteiger partial charge in [0.25, 0.3) is 0 Å². The van der Waals surface area contributed by atoms with E-state index >= 15 is 0 Å².